The van der Waals surface area contributed by atoms with Crippen LogP contribution in [-0.2, 0) is 14.9 Å². The Morgan fingerprint density at radius 2 is 1.23 bits per heavy atom. The van der Waals surface area contributed by atoms with Crippen molar-refractivity contribution in [3.05, 3.63) is 59.7 Å². The molecule has 0 radical (unpaired) electrons. The number of aliphatic hydroxyl groups excluding tert-OH is 2. The molecule has 31 heavy (non-hydrogen) atoms. The summed E-state index contributed by atoms with van der Waals surface area (Å²) >= 11 is 0. The molecule has 0 bridgehead atoms. The van der Waals surface area contributed by atoms with Gasteiger partial charge in [-0.2, -0.15) is 0 Å². The van der Waals surface area contributed by atoms with E-state index in [9.17, 15) is 5.11 Å². The molecule has 6 heteroatoms. The SMILES string of the molecule is CC[C@@H](O)COc1ccc(C(C)(C)c2ccc(OCCOCCOCCO)cc2)cc1. The summed E-state index contributed by atoms with van der Waals surface area (Å²) in [5.41, 5.74) is 2.20. The number of rotatable bonds is 15. The molecule has 1 atom stereocenters. The third-order valence-corrected chi connectivity index (χ3v) is 5.17. The van der Waals surface area contributed by atoms with Crippen LogP contribution in [0.4, 0.5) is 0 Å². The molecule has 172 valence electrons. The molecule has 0 saturated heterocycles. The first-order valence-corrected chi connectivity index (χ1v) is 10.9. The van der Waals surface area contributed by atoms with Crippen LogP contribution in [0.3, 0.4) is 0 Å². The Balaban J connectivity index is 1.82. The van der Waals surface area contributed by atoms with Crippen LogP contribution in [0.2, 0.25) is 0 Å². The maximum absolute atomic E-state index is 9.64. The number of benzene rings is 2. The zero-order chi connectivity index (χ0) is 22.5. The Morgan fingerprint density at radius 1 is 0.742 bits per heavy atom. The second kappa shape index (κ2) is 13.3. The lowest BCUT2D eigenvalue weighted by atomic mass is 9.78. The fourth-order valence-corrected chi connectivity index (χ4v) is 3.02. The third-order valence-electron chi connectivity index (χ3n) is 5.17. The zero-order valence-corrected chi connectivity index (χ0v) is 18.9. The van der Waals surface area contributed by atoms with Gasteiger partial charge in [0.25, 0.3) is 0 Å². The van der Waals surface area contributed by atoms with E-state index in [4.69, 9.17) is 24.1 Å². The van der Waals surface area contributed by atoms with Crippen molar-refractivity contribution < 1.29 is 29.2 Å². The fourth-order valence-electron chi connectivity index (χ4n) is 3.02. The van der Waals surface area contributed by atoms with E-state index in [0.29, 0.717) is 46.1 Å². The van der Waals surface area contributed by atoms with Crippen LogP contribution in [0.5, 0.6) is 11.5 Å². The minimum Gasteiger partial charge on any atom is -0.491 e. The lowest BCUT2D eigenvalue weighted by Gasteiger charge is -2.26. The van der Waals surface area contributed by atoms with Crippen LogP contribution in [-0.4, -0.2) is 62.6 Å². The van der Waals surface area contributed by atoms with Crippen molar-refractivity contribution in [1.29, 1.82) is 0 Å². The summed E-state index contributed by atoms with van der Waals surface area (Å²) in [5, 5.41) is 18.3. The van der Waals surface area contributed by atoms with Crippen molar-refractivity contribution in [3.63, 3.8) is 0 Å². The summed E-state index contributed by atoms with van der Waals surface area (Å²) < 4.78 is 21.9. The number of hydrogen-bond donors (Lipinski definition) is 2. The molecule has 0 heterocycles. The molecule has 2 aromatic rings. The molecule has 0 aromatic heterocycles. The highest BCUT2D eigenvalue weighted by Crippen LogP contribution is 2.33. The Bertz CT molecular complexity index is 727. The topological polar surface area (TPSA) is 77.4 Å². The maximum atomic E-state index is 9.64. The Hall–Kier alpha value is -2.12. The summed E-state index contributed by atoms with van der Waals surface area (Å²) in [4.78, 5) is 0. The van der Waals surface area contributed by atoms with Gasteiger partial charge in [-0.3, -0.25) is 0 Å². The van der Waals surface area contributed by atoms with E-state index < -0.39 is 6.10 Å². The van der Waals surface area contributed by atoms with Gasteiger partial charge >= 0.3 is 0 Å². The third kappa shape index (κ3) is 8.50. The van der Waals surface area contributed by atoms with Crippen LogP contribution in [0, 0.1) is 0 Å². The Labute approximate surface area is 185 Å². The Kier molecular flexibility index (Phi) is 10.8. The van der Waals surface area contributed by atoms with E-state index in [-0.39, 0.29) is 12.0 Å². The second-order valence-corrected chi connectivity index (χ2v) is 7.84. The van der Waals surface area contributed by atoms with E-state index in [0.717, 1.165) is 11.5 Å². The largest absolute Gasteiger partial charge is 0.491 e. The van der Waals surface area contributed by atoms with Gasteiger partial charge in [0.2, 0.25) is 0 Å². The van der Waals surface area contributed by atoms with Gasteiger partial charge in [-0.15, -0.1) is 0 Å². The van der Waals surface area contributed by atoms with Crippen molar-refractivity contribution in [2.75, 3.05) is 46.2 Å². The normalized spacial score (nSPS) is 12.5. The van der Waals surface area contributed by atoms with Crippen molar-refractivity contribution in [1.82, 2.24) is 0 Å². The molecule has 2 rings (SSSR count). The summed E-state index contributed by atoms with van der Waals surface area (Å²) in [6.45, 7) is 8.89. The van der Waals surface area contributed by atoms with E-state index in [1.165, 1.54) is 11.1 Å². The molecule has 6 nitrogen and oxygen atoms in total. The molecule has 0 spiro atoms. The monoisotopic (exact) mass is 432 g/mol. The lowest BCUT2D eigenvalue weighted by molar-refractivity contribution is 0.0247. The van der Waals surface area contributed by atoms with Gasteiger partial charge in [-0.25, -0.2) is 0 Å². The van der Waals surface area contributed by atoms with Crippen LogP contribution in [0.1, 0.15) is 38.3 Å². The summed E-state index contributed by atoms with van der Waals surface area (Å²) in [6, 6.07) is 16.2. The van der Waals surface area contributed by atoms with Crippen molar-refractivity contribution >= 4 is 0 Å². The van der Waals surface area contributed by atoms with Crippen molar-refractivity contribution in [2.24, 2.45) is 0 Å². The smallest absolute Gasteiger partial charge is 0.119 e. The van der Waals surface area contributed by atoms with Crippen LogP contribution in [0.15, 0.2) is 48.5 Å². The highest BCUT2D eigenvalue weighted by molar-refractivity contribution is 5.41. The van der Waals surface area contributed by atoms with Crippen LogP contribution < -0.4 is 9.47 Å². The lowest BCUT2D eigenvalue weighted by Crippen LogP contribution is -2.19. The van der Waals surface area contributed by atoms with Crippen molar-refractivity contribution in [2.45, 2.75) is 38.7 Å². The van der Waals surface area contributed by atoms with Crippen LogP contribution in [0.25, 0.3) is 0 Å². The van der Waals surface area contributed by atoms with Gasteiger partial charge in [0.15, 0.2) is 0 Å². The standard InChI is InChI=1S/C25H36O6/c1-4-22(27)19-31-24-11-7-21(8-12-24)25(2,3)20-5-9-23(10-6-20)30-18-17-29-16-15-28-14-13-26/h5-12,22,26-27H,4,13-19H2,1-3H3/t22-/m1/s1. The first-order chi connectivity index (χ1) is 15.0. The first kappa shape index (κ1) is 25.1. The minimum absolute atomic E-state index is 0.0275. The quantitative estimate of drug-likeness (QED) is 0.419. The van der Waals surface area contributed by atoms with Gasteiger partial charge in [-0.1, -0.05) is 45.0 Å². The average Bonchev–Trinajstić information content (AvgIpc) is 2.79. The highest BCUT2D eigenvalue weighted by Gasteiger charge is 2.23. The Morgan fingerprint density at radius 3 is 1.74 bits per heavy atom. The molecule has 0 aliphatic rings. The van der Waals surface area contributed by atoms with E-state index in [1.54, 1.807) is 0 Å². The predicted octanol–water partition coefficient (Wildman–Crippen LogP) is 3.57. The molecule has 0 amide bonds. The van der Waals surface area contributed by atoms with Gasteiger partial charge in [-0.05, 0) is 41.8 Å². The highest BCUT2D eigenvalue weighted by atomic mass is 16.5. The van der Waals surface area contributed by atoms with Gasteiger partial charge in [0, 0.05) is 5.41 Å². The molecular formula is C25H36O6. The first-order valence-electron chi connectivity index (χ1n) is 10.9. The second-order valence-electron chi connectivity index (χ2n) is 7.84. The molecule has 0 saturated carbocycles. The molecule has 0 unspecified atom stereocenters. The predicted molar refractivity (Wildman–Crippen MR) is 121 cm³/mol. The number of hydrogen-bond acceptors (Lipinski definition) is 6. The van der Waals surface area contributed by atoms with Gasteiger partial charge < -0.3 is 29.2 Å². The van der Waals surface area contributed by atoms with Crippen LogP contribution >= 0.6 is 0 Å². The number of aliphatic hydroxyl groups is 2. The van der Waals surface area contributed by atoms with Crippen molar-refractivity contribution in [3.8, 4) is 11.5 Å². The van der Waals surface area contributed by atoms with E-state index in [1.807, 2.05) is 31.2 Å². The summed E-state index contributed by atoms with van der Waals surface area (Å²) in [5.74, 6) is 1.57. The van der Waals surface area contributed by atoms with Gasteiger partial charge in [0.05, 0.1) is 39.1 Å². The zero-order valence-electron chi connectivity index (χ0n) is 18.9. The maximum Gasteiger partial charge on any atom is 0.119 e. The molecule has 0 fully saturated rings. The minimum atomic E-state index is -0.436. The molecule has 0 aliphatic heterocycles. The molecule has 0 aliphatic carbocycles. The molecular weight excluding hydrogens is 396 g/mol. The summed E-state index contributed by atoms with van der Waals surface area (Å²) in [6.07, 6.45) is 0.243. The molecule has 2 aromatic carbocycles. The number of ether oxygens (including phenoxy) is 4. The summed E-state index contributed by atoms with van der Waals surface area (Å²) in [7, 11) is 0. The van der Waals surface area contributed by atoms with Gasteiger partial charge in [0.1, 0.15) is 24.7 Å². The van der Waals surface area contributed by atoms with E-state index >= 15 is 0 Å². The average molecular weight is 433 g/mol. The fraction of sp³-hybridized carbons (Fsp3) is 0.520. The molecule has 2 N–H and O–H groups in total. The van der Waals surface area contributed by atoms with E-state index in [2.05, 4.69) is 38.1 Å².